The van der Waals surface area contributed by atoms with Crippen LogP contribution in [0.2, 0.25) is 0 Å². The highest BCUT2D eigenvalue weighted by Gasteiger charge is 2.36. The van der Waals surface area contributed by atoms with Gasteiger partial charge in [0.25, 0.3) is 0 Å². The van der Waals surface area contributed by atoms with E-state index in [9.17, 15) is 4.79 Å². The van der Waals surface area contributed by atoms with Crippen molar-refractivity contribution in [3.05, 3.63) is 42.5 Å². The van der Waals surface area contributed by atoms with Crippen LogP contribution < -0.4 is 5.32 Å². The molecule has 0 aliphatic heterocycles. The number of benzene rings is 1. The average molecular weight is 285 g/mol. The molecular formula is C19H27NO. The molecule has 0 atom stereocenters. The van der Waals surface area contributed by atoms with E-state index in [1.165, 1.54) is 32.1 Å². The third-order valence-corrected chi connectivity index (χ3v) is 4.86. The van der Waals surface area contributed by atoms with Crippen LogP contribution in [-0.2, 0) is 4.79 Å². The summed E-state index contributed by atoms with van der Waals surface area (Å²) in [6.07, 6.45) is 6.20. The van der Waals surface area contributed by atoms with Gasteiger partial charge in [-0.3, -0.25) is 4.79 Å². The highest BCUT2D eigenvalue weighted by atomic mass is 16.2. The number of nitrogens with one attached hydrogen (secondary N) is 1. The Kier molecular flexibility index (Phi) is 5.22. The van der Waals surface area contributed by atoms with Crippen molar-refractivity contribution in [1.82, 2.24) is 5.32 Å². The summed E-state index contributed by atoms with van der Waals surface area (Å²) in [6, 6.07) is 10.0. The number of carbonyl (C=O) groups is 1. The molecule has 1 aromatic rings. The van der Waals surface area contributed by atoms with Crippen LogP contribution in [0.5, 0.6) is 0 Å². The molecule has 2 heteroatoms. The lowest BCUT2D eigenvalue weighted by molar-refractivity contribution is -0.132. The van der Waals surface area contributed by atoms with E-state index in [1.807, 2.05) is 30.3 Å². The molecule has 2 nitrogen and oxygen atoms in total. The van der Waals surface area contributed by atoms with Crippen molar-refractivity contribution in [1.29, 1.82) is 0 Å². The van der Waals surface area contributed by atoms with Crippen LogP contribution in [0.1, 0.15) is 51.5 Å². The first kappa shape index (κ1) is 15.8. The van der Waals surface area contributed by atoms with E-state index in [4.69, 9.17) is 0 Å². The van der Waals surface area contributed by atoms with Gasteiger partial charge >= 0.3 is 0 Å². The summed E-state index contributed by atoms with van der Waals surface area (Å²) >= 11 is 0. The van der Waals surface area contributed by atoms with Crippen LogP contribution in [-0.4, -0.2) is 12.5 Å². The Hall–Kier alpha value is -1.57. The summed E-state index contributed by atoms with van der Waals surface area (Å²) in [5, 5.41) is 3.08. The topological polar surface area (TPSA) is 29.1 Å². The van der Waals surface area contributed by atoms with Crippen LogP contribution in [0, 0.1) is 11.3 Å². The molecule has 1 aliphatic rings. The van der Waals surface area contributed by atoms with Gasteiger partial charge in [-0.15, -0.1) is 0 Å². The molecule has 1 aromatic carbocycles. The average Bonchev–Trinajstić information content (AvgIpc) is 2.53. The van der Waals surface area contributed by atoms with Gasteiger partial charge < -0.3 is 5.32 Å². The fourth-order valence-electron chi connectivity index (χ4n) is 3.20. The van der Waals surface area contributed by atoms with Crippen LogP contribution in [0.3, 0.4) is 0 Å². The maximum absolute atomic E-state index is 12.5. The lowest BCUT2D eigenvalue weighted by Crippen LogP contribution is -2.43. The molecule has 0 radical (unpaired) electrons. The number of carbonyl (C=O) groups excluding carboxylic acids is 1. The lowest BCUT2D eigenvalue weighted by Gasteiger charge is -2.35. The van der Waals surface area contributed by atoms with Gasteiger partial charge in [0, 0.05) is 12.0 Å². The quantitative estimate of drug-likeness (QED) is 0.852. The molecule has 1 N–H and O–H groups in total. The normalized spacial score (nSPS) is 16.5. The molecule has 1 saturated carbocycles. The molecule has 1 amide bonds. The Labute approximate surface area is 128 Å². The van der Waals surface area contributed by atoms with Gasteiger partial charge in [0.1, 0.15) is 0 Å². The Balaban J connectivity index is 1.90. The van der Waals surface area contributed by atoms with E-state index < -0.39 is 0 Å². The Morgan fingerprint density at radius 1 is 1.19 bits per heavy atom. The maximum Gasteiger partial charge on any atom is 0.226 e. The highest BCUT2D eigenvalue weighted by Crippen LogP contribution is 2.38. The van der Waals surface area contributed by atoms with Crippen LogP contribution in [0.4, 0.5) is 0 Å². The molecule has 0 unspecified atom stereocenters. The highest BCUT2D eigenvalue weighted by molar-refractivity contribution is 5.84. The van der Waals surface area contributed by atoms with Crippen molar-refractivity contribution < 1.29 is 4.79 Å². The van der Waals surface area contributed by atoms with Crippen molar-refractivity contribution in [2.45, 2.75) is 46.0 Å². The zero-order valence-corrected chi connectivity index (χ0v) is 13.3. The van der Waals surface area contributed by atoms with Crippen LogP contribution in [0.25, 0.3) is 5.57 Å². The molecule has 1 fully saturated rings. The Bertz CT molecular complexity index is 484. The monoisotopic (exact) mass is 285 g/mol. The molecule has 0 heterocycles. The summed E-state index contributed by atoms with van der Waals surface area (Å²) in [5.74, 6) is 0.669. The van der Waals surface area contributed by atoms with Gasteiger partial charge in [-0.1, -0.05) is 70.0 Å². The summed E-state index contributed by atoms with van der Waals surface area (Å²) < 4.78 is 0. The smallest absolute Gasteiger partial charge is 0.226 e. The minimum Gasteiger partial charge on any atom is -0.352 e. The summed E-state index contributed by atoms with van der Waals surface area (Å²) in [4.78, 5) is 12.5. The molecule has 0 saturated heterocycles. The largest absolute Gasteiger partial charge is 0.352 e. The van der Waals surface area contributed by atoms with E-state index in [-0.39, 0.29) is 11.3 Å². The molecule has 21 heavy (non-hydrogen) atoms. The van der Waals surface area contributed by atoms with Gasteiger partial charge in [0.15, 0.2) is 0 Å². The second-order valence-corrected chi connectivity index (χ2v) is 6.71. The number of amides is 1. The fourth-order valence-corrected chi connectivity index (χ4v) is 3.20. The first-order chi connectivity index (χ1) is 10.0. The Morgan fingerprint density at radius 3 is 2.43 bits per heavy atom. The predicted octanol–water partition coefficient (Wildman–Crippen LogP) is 4.42. The zero-order valence-electron chi connectivity index (χ0n) is 13.3. The van der Waals surface area contributed by atoms with Crippen molar-refractivity contribution in [3.8, 4) is 0 Å². The third-order valence-electron chi connectivity index (χ3n) is 4.86. The number of rotatable bonds is 5. The molecule has 0 bridgehead atoms. The first-order valence-corrected chi connectivity index (χ1v) is 8.03. The van der Waals surface area contributed by atoms with Crippen molar-refractivity contribution in [2.24, 2.45) is 11.3 Å². The van der Waals surface area contributed by atoms with Gasteiger partial charge in [0.05, 0.1) is 0 Å². The van der Waals surface area contributed by atoms with Crippen molar-refractivity contribution in [2.75, 3.05) is 6.54 Å². The number of hydrogen-bond acceptors (Lipinski definition) is 1. The molecule has 1 aliphatic carbocycles. The van der Waals surface area contributed by atoms with E-state index in [0.29, 0.717) is 12.5 Å². The van der Waals surface area contributed by atoms with E-state index in [1.54, 1.807) is 0 Å². The summed E-state index contributed by atoms with van der Waals surface area (Å²) in [6.45, 7) is 8.78. The Morgan fingerprint density at radius 2 is 1.81 bits per heavy atom. The van der Waals surface area contributed by atoms with Crippen molar-refractivity contribution >= 4 is 11.5 Å². The molecule has 114 valence electrons. The van der Waals surface area contributed by atoms with E-state index >= 15 is 0 Å². The standard InChI is InChI=1S/C19H27NO/c1-15(16-10-6-4-7-11-16)14-20-18(21)19(2,3)17-12-8-5-9-13-17/h4,6-7,10-11,17H,1,5,8-9,12-14H2,2-3H3,(H,20,21). The summed E-state index contributed by atoms with van der Waals surface area (Å²) in [7, 11) is 0. The lowest BCUT2D eigenvalue weighted by atomic mass is 9.70. The molecular weight excluding hydrogens is 258 g/mol. The van der Waals surface area contributed by atoms with Gasteiger partial charge in [-0.05, 0) is 29.9 Å². The van der Waals surface area contributed by atoms with Gasteiger partial charge in [-0.25, -0.2) is 0 Å². The molecule has 0 aromatic heterocycles. The SMILES string of the molecule is C=C(CNC(=O)C(C)(C)C1CCCCC1)c1ccccc1. The van der Waals surface area contributed by atoms with E-state index in [2.05, 4.69) is 25.7 Å². The number of hydrogen-bond donors (Lipinski definition) is 1. The molecule has 0 spiro atoms. The fraction of sp³-hybridized carbons (Fsp3) is 0.526. The molecule has 2 rings (SSSR count). The van der Waals surface area contributed by atoms with Crippen molar-refractivity contribution in [3.63, 3.8) is 0 Å². The van der Waals surface area contributed by atoms with Gasteiger partial charge in [0.2, 0.25) is 5.91 Å². The summed E-state index contributed by atoms with van der Waals surface area (Å²) in [5.41, 5.74) is 1.77. The van der Waals surface area contributed by atoms with E-state index in [0.717, 1.165) is 11.1 Å². The minimum absolute atomic E-state index is 0.159. The second kappa shape index (κ2) is 6.93. The third kappa shape index (κ3) is 3.96. The second-order valence-electron chi connectivity index (χ2n) is 6.71. The zero-order chi connectivity index (χ0) is 15.3. The minimum atomic E-state index is -0.280. The maximum atomic E-state index is 12.5. The van der Waals surface area contributed by atoms with Crippen LogP contribution in [0.15, 0.2) is 36.9 Å². The first-order valence-electron chi connectivity index (χ1n) is 8.03. The van der Waals surface area contributed by atoms with Gasteiger partial charge in [-0.2, -0.15) is 0 Å². The predicted molar refractivity (Wildman–Crippen MR) is 88.8 cm³/mol. The van der Waals surface area contributed by atoms with Crippen LogP contribution >= 0.6 is 0 Å².